The molecule has 0 spiro atoms. The van der Waals surface area contributed by atoms with Crippen LogP contribution in [0.3, 0.4) is 0 Å². The molecule has 0 aromatic carbocycles. The Balaban J connectivity index is 1.58. The first kappa shape index (κ1) is 11.5. The highest BCUT2D eigenvalue weighted by atomic mass is 16.5. The van der Waals surface area contributed by atoms with Crippen molar-refractivity contribution in [3.8, 4) is 0 Å². The Labute approximate surface area is 128 Å². The van der Waals surface area contributed by atoms with Gasteiger partial charge in [-0.05, 0) is 72.0 Å². The van der Waals surface area contributed by atoms with E-state index >= 15 is 0 Å². The van der Waals surface area contributed by atoms with Crippen LogP contribution in [0.25, 0.3) is 0 Å². The average molecular weight is 300 g/mol. The highest BCUT2D eigenvalue weighted by molar-refractivity contribution is 5.95. The van der Waals surface area contributed by atoms with E-state index in [0.717, 1.165) is 0 Å². The molecule has 8 aliphatic rings. The summed E-state index contributed by atoms with van der Waals surface area (Å²) in [6.07, 6.45) is 2.48. The summed E-state index contributed by atoms with van der Waals surface area (Å²) in [6, 6.07) is 0. The summed E-state index contributed by atoms with van der Waals surface area (Å²) in [5.41, 5.74) is -1.01. The van der Waals surface area contributed by atoms with Crippen LogP contribution in [0.15, 0.2) is 0 Å². The molecule has 0 N–H and O–H groups in total. The van der Waals surface area contributed by atoms with E-state index in [1.165, 1.54) is 27.1 Å². The van der Waals surface area contributed by atoms with Crippen LogP contribution < -0.4 is 0 Å². The van der Waals surface area contributed by atoms with Gasteiger partial charge in [0.1, 0.15) is 0 Å². The van der Waals surface area contributed by atoms with Gasteiger partial charge in [-0.2, -0.15) is 0 Å². The second-order valence-corrected chi connectivity index (χ2v) is 9.11. The molecule has 4 unspecified atom stereocenters. The van der Waals surface area contributed by atoms with E-state index in [9.17, 15) is 9.59 Å². The van der Waals surface area contributed by atoms with Crippen LogP contribution in [0, 0.1) is 70.0 Å². The van der Waals surface area contributed by atoms with Gasteiger partial charge >= 0.3 is 11.9 Å². The normalized spacial score (nSPS) is 71.5. The summed E-state index contributed by atoms with van der Waals surface area (Å²) >= 11 is 0. The zero-order chi connectivity index (χ0) is 14.8. The second kappa shape index (κ2) is 2.76. The van der Waals surface area contributed by atoms with Crippen molar-refractivity contribution in [2.24, 2.45) is 70.0 Å². The number of carbonyl (C=O) groups excluding carboxylic acids is 2. The molecule has 8 aliphatic carbocycles. The Bertz CT molecular complexity index is 593. The lowest BCUT2D eigenvalue weighted by molar-refractivity contribution is -0.195. The molecule has 0 saturated heterocycles. The predicted octanol–water partition coefficient (Wildman–Crippen LogP) is 1.34. The third-order valence-electron chi connectivity index (χ3n) is 9.56. The molecule has 8 saturated carbocycles. The van der Waals surface area contributed by atoms with Crippen LogP contribution in [0.2, 0.25) is 0 Å². The Morgan fingerprint density at radius 1 is 0.727 bits per heavy atom. The van der Waals surface area contributed by atoms with Gasteiger partial charge in [0.05, 0.1) is 25.0 Å². The first-order valence-corrected chi connectivity index (χ1v) is 8.84. The molecule has 22 heavy (non-hydrogen) atoms. The van der Waals surface area contributed by atoms with E-state index in [2.05, 4.69) is 0 Å². The molecule has 8 bridgehead atoms. The molecular formula is C18H20O4. The molecule has 116 valence electrons. The van der Waals surface area contributed by atoms with E-state index < -0.39 is 10.8 Å². The molecule has 0 aromatic rings. The Hall–Kier alpha value is -1.06. The minimum atomic E-state index is -0.505. The minimum Gasteiger partial charge on any atom is -0.469 e. The van der Waals surface area contributed by atoms with Gasteiger partial charge < -0.3 is 9.47 Å². The van der Waals surface area contributed by atoms with Gasteiger partial charge in [0, 0.05) is 0 Å². The van der Waals surface area contributed by atoms with Crippen molar-refractivity contribution >= 4 is 11.9 Å². The lowest BCUT2D eigenvalue weighted by Gasteiger charge is -2.51. The maximum absolute atomic E-state index is 13.1. The molecule has 4 heteroatoms. The van der Waals surface area contributed by atoms with E-state index in [1.54, 1.807) is 0 Å². The maximum atomic E-state index is 13.1. The number of fused-ring (bicyclic) bond motifs is 2. The van der Waals surface area contributed by atoms with Gasteiger partial charge in [-0.25, -0.2) is 0 Å². The number of ether oxygens (including phenoxy) is 2. The monoisotopic (exact) mass is 300 g/mol. The fourth-order valence-corrected chi connectivity index (χ4v) is 10.0. The van der Waals surface area contributed by atoms with E-state index in [4.69, 9.17) is 9.47 Å². The Kier molecular flexibility index (Phi) is 1.44. The van der Waals surface area contributed by atoms with Crippen molar-refractivity contribution < 1.29 is 19.1 Å². The quantitative estimate of drug-likeness (QED) is 0.722. The van der Waals surface area contributed by atoms with Crippen LogP contribution in [0.5, 0.6) is 0 Å². The van der Waals surface area contributed by atoms with E-state index in [0.29, 0.717) is 59.2 Å². The van der Waals surface area contributed by atoms with E-state index in [-0.39, 0.29) is 11.9 Å². The molecule has 0 aliphatic heterocycles. The lowest BCUT2D eigenvalue weighted by atomic mass is 9.50. The highest BCUT2D eigenvalue weighted by Crippen LogP contribution is 3.01. The minimum absolute atomic E-state index is 0.0684. The number of rotatable bonds is 2. The van der Waals surface area contributed by atoms with Gasteiger partial charge in [0.25, 0.3) is 0 Å². The van der Waals surface area contributed by atoms with Crippen LogP contribution >= 0.6 is 0 Å². The fraction of sp³-hybridized carbons (Fsp3) is 0.889. The van der Waals surface area contributed by atoms with Gasteiger partial charge in [0.15, 0.2) is 0 Å². The lowest BCUT2D eigenvalue weighted by Crippen LogP contribution is -2.61. The molecule has 12 atom stereocenters. The number of hydrogen-bond donors (Lipinski definition) is 0. The first-order valence-electron chi connectivity index (χ1n) is 8.84. The SMILES string of the molecule is COC(=O)C12[C@@H]3C4C5[C@H]1[C@@H]1C[C@H]1[C@H]5C2(C(=O)OC)[C@H]4[C@H]1C[C@H]13. The molecule has 0 aromatic heterocycles. The van der Waals surface area contributed by atoms with Gasteiger partial charge in [-0.3, -0.25) is 9.59 Å². The van der Waals surface area contributed by atoms with Crippen molar-refractivity contribution in [1.82, 2.24) is 0 Å². The number of hydrogen-bond acceptors (Lipinski definition) is 4. The van der Waals surface area contributed by atoms with Crippen molar-refractivity contribution in [2.45, 2.75) is 12.8 Å². The number of carbonyl (C=O) groups is 2. The van der Waals surface area contributed by atoms with Crippen LogP contribution in [-0.4, -0.2) is 26.2 Å². The smallest absolute Gasteiger partial charge is 0.313 e. The zero-order valence-electron chi connectivity index (χ0n) is 12.8. The first-order chi connectivity index (χ1) is 10.7. The average Bonchev–Trinajstić information content (AvgIpc) is 3.32. The molecule has 0 heterocycles. The van der Waals surface area contributed by atoms with Crippen LogP contribution in [0.1, 0.15) is 12.8 Å². The molecule has 0 amide bonds. The van der Waals surface area contributed by atoms with Crippen molar-refractivity contribution in [2.75, 3.05) is 14.2 Å². The third kappa shape index (κ3) is 0.662. The topological polar surface area (TPSA) is 52.6 Å². The Morgan fingerprint density at radius 3 is 1.32 bits per heavy atom. The molecular weight excluding hydrogens is 280 g/mol. The largest absolute Gasteiger partial charge is 0.469 e. The van der Waals surface area contributed by atoms with E-state index in [1.807, 2.05) is 0 Å². The summed E-state index contributed by atoms with van der Waals surface area (Å²) in [7, 11) is 3.03. The standard InChI is InChI=1S/C18H20O4/c1-21-15(19)17-11-5-3-7(5)13-9(11)10-12(17)6-4-8(6)14(10)18(13,17)16(20)22-2/h5-14H,3-4H2,1-2H3/t5-,6-,7-,8+,9?,10?,11-,12+,13-,14+,17?,18?/m1/s1. The van der Waals surface area contributed by atoms with Crippen LogP contribution in [-0.2, 0) is 19.1 Å². The van der Waals surface area contributed by atoms with Gasteiger partial charge in [-0.1, -0.05) is 0 Å². The summed E-state index contributed by atoms with van der Waals surface area (Å²) in [5.74, 6) is 5.67. The summed E-state index contributed by atoms with van der Waals surface area (Å²) in [6.45, 7) is 0. The van der Waals surface area contributed by atoms with Crippen LogP contribution in [0.4, 0.5) is 0 Å². The second-order valence-electron chi connectivity index (χ2n) is 9.11. The molecule has 0 radical (unpaired) electrons. The number of methoxy groups -OCH3 is 2. The summed E-state index contributed by atoms with van der Waals surface area (Å²) in [4.78, 5) is 26.3. The highest BCUT2D eigenvalue weighted by Gasteiger charge is 3.03. The zero-order valence-corrected chi connectivity index (χ0v) is 12.8. The van der Waals surface area contributed by atoms with Crippen molar-refractivity contribution in [1.29, 1.82) is 0 Å². The fourth-order valence-electron chi connectivity index (χ4n) is 10.0. The van der Waals surface area contributed by atoms with Gasteiger partial charge in [0.2, 0.25) is 0 Å². The van der Waals surface area contributed by atoms with Crippen molar-refractivity contribution in [3.05, 3.63) is 0 Å². The molecule has 4 nitrogen and oxygen atoms in total. The molecule has 8 rings (SSSR count). The van der Waals surface area contributed by atoms with Gasteiger partial charge in [-0.15, -0.1) is 0 Å². The van der Waals surface area contributed by atoms with Crippen molar-refractivity contribution in [3.63, 3.8) is 0 Å². The summed E-state index contributed by atoms with van der Waals surface area (Å²) in [5, 5.41) is 0. The number of esters is 2. The third-order valence-corrected chi connectivity index (χ3v) is 9.56. The Morgan fingerprint density at radius 2 is 1.05 bits per heavy atom. The predicted molar refractivity (Wildman–Crippen MR) is 73.0 cm³/mol. The summed E-state index contributed by atoms with van der Waals surface area (Å²) < 4.78 is 10.7. The maximum Gasteiger partial charge on any atom is 0.313 e. The molecule has 8 fully saturated rings.